The summed E-state index contributed by atoms with van der Waals surface area (Å²) < 4.78 is 0. The quantitative estimate of drug-likeness (QED) is 0.367. The van der Waals surface area contributed by atoms with Crippen LogP contribution >= 0.6 is 0 Å². The molecule has 2 fully saturated rings. The van der Waals surface area contributed by atoms with Crippen molar-refractivity contribution in [2.45, 2.75) is 72.3 Å². The molecule has 0 aromatic carbocycles. The van der Waals surface area contributed by atoms with Crippen LogP contribution in [-0.4, -0.2) is 74.2 Å². The van der Waals surface area contributed by atoms with E-state index in [4.69, 9.17) is 4.99 Å². The van der Waals surface area contributed by atoms with Crippen LogP contribution < -0.4 is 10.6 Å². The molecule has 0 saturated carbocycles. The van der Waals surface area contributed by atoms with Gasteiger partial charge in [0.2, 0.25) is 0 Å². The molecule has 0 aromatic heterocycles. The normalized spacial score (nSPS) is 26.3. The molecular weight excluding hydrogens is 334 g/mol. The Morgan fingerprint density at radius 3 is 2.30 bits per heavy atom. The SMILES string of the molecule is CCCN1CCC(NC(=NCCCCN2CC(C)CC(C)C2)NCC)CC1. The summed E-state index contributed by atoms with van der Waals surface area (Å²) in [5.41, 5.74) is 0. The molecule has 2 aliphatic heterocycles. The molecule has 0 spiro atoms. The molecule has 0 amide bonds. The summed E-state index contributed by atoms with van der Waals surface area (Å²) in [4.78, 5) is 10.1. The number of unbranched alkanes of at least 4 members (excludes halogenated alkanes) is 1. The Labute approximate surface area is 168 Å². The van der Waals surface area contributed by atoms with E-state index in [0.717, 1.165) is 30.9 Å². The lowest BCUT2D eigenvalue weighted by atomic mass is 9.92. The molecule has 2 rings (SSSR count). The van der Waals surface area contributed by atoms with Gasteiger partial charge in [0.15, 0.2) is 5.96 Å². The van der Waals surface area contributed by atoms with Gasteiger partial charge in [-0.05, 0) is 70.4 Å². The van der Waals surface area contributed by atoms with Crippen molar-refractivity contribution in [3.63, 3.8) is 0 Å². The van der Waals surface area contributed by atoms with E-state index in [-0.39, 0.29) is 0 Å². The molecule has 0 bridgehead atoms. The van der Waals surface area contributed by atoms with Crippen molar-refractivity contribution < 1.29 is 0 Å². The van der Waals surface area contributed by atoms with Gasteiger partial charge in [-0.1, -0.05) is 20.8 Å². The minimum atomic E-state index is 0.576. The third-order valence-electron chi connectivity index (χ3n) is 5.91. The van der Waals surface area contributed by atoms with Crippen LogP contribution in [0.4, 0.5) is 0 Å². The van der Waals surface area contributed by atoms with Gasteiger partial charge >= 0.3 is 0 Å². The number of hydrogen-bond donors (Lipinski definition) is 2. The first-order chi connectivity index (χ1) is 13.1. The molecule has 27 heavy (non-hydrogen) atoms. The van der Waals surface area contributed by atoms with Gasteiger partial charge in [0, 0.05) is 45.3 Å². The van der Waals surface area contributed by atoms with Crippen LogP contribution in [0, 0.1) is 11.8 Å². The molecule has 2 atom stereocenters. The van der Waals surface area contributed by atoms with E-state index >= 15 is 0 Å². The molecule has 0 aliphatic carbocycles. The maximum atomic E-state index is 4.84. The number of likely N-dealkylation sites (tertiary alicyclic amines) is 2. The molecule has 158 valence electrons. The van der Waals surface area contributed by atoms with E-state index in [1.165, 1.54) is 77.8 Å². The Hall–Kier alpha value is -0.810. The van der Waals surface area contributed by atoms with Crippen LogP contribution in [0.15, 0.2) is 4.99 Å². The van der Waals surface area contributed by atoms with Gasteiger partial charge in [-0.3, -0.25) is 4.99 Å². The van der Waals surface area contributed by atoms with Gasteiger partial charge in [0.05, 0.1) is 0 Å². The van der Waals surface area contributed by atoms with Crippen LogP contribution in [0.1, 0.15) is 66.2 Å². The van der Waals surface area contributed by atoms with Crippen LogP contribution in [0.3, 0.4) is 0 Å². The molecule has 2 aliphatic rings. The summed E-state index contributed by atoms with van der Waals surface area (Å²) in [6.45, 7) is 18.6. The number of rotatable bonds is 9. The molecule has 0 aromatic rings. The summed E-state index contributed by atoms with van der Waals surface area (Å²) in [6, 6.07) is 0.576. The first kappa shape index (κ1) is 22.5. The number of nitrogens with one attached hydrogen (secondary N) is 2. The largest absolute Gasteiger partial charge is 0.357 e. The average Bonchev–Trinajstić information content (AvgIpc) is 2.62. The highest BCUT2D eigenvalue weighted by atomic mass is 15.2. The number of piperidine rings is 2. The summed E-state index contributed by atoms with van der Waals surface area (Å²) in [7, 11) is 0. The zero-order valence-electron chi connectivity index (χ0n) is 18.5. The van der Waals surface area contributed by atoms with E-state index in [0.29, 0.717) is 6.04 Å². The van der Waals surface area contributed by atoms with Gasteiger partial charge in [-0.15, -0.1) is 0 Å². The second-order valence-corrected chi connectivity index (χ2v) is 8.93. The van der Waals surface area contributed by atoms with Gasteiger partial charge in [-0.25, -0.2) is 0 Å². The summed E-state index contributed by atoms with van der Waals surface area (Å²) in [5.74, 6) is 2.74. The highest BCUT2D eigenvalue weighted by Crippen LogP contribution is 2.21. The van der Waals surface area contributed by atoms with Gasteiger partial charge in [-0.2, -0.15) is 0 Å². The second kappa shape index (κ2) is 12.6. The fourth-order valence-corrected chi connectivity index (χ4v) is 4.74. The molecule has 5 heteroatoms. The van der Waals surface area contributed by atoms with Crippen LogP contribution in [0.25, 0.3) is 0 Å². The number of nitrogens with zero attached hydrogens (tertiary/aromatic N) is 3. The number of guanidine groups is 1. The lowest BCUT2D eigenvalue weighted by molar-refractivity contribution is 0.139. The Kier molecular flexibility index (Phi) is 10.5. The molecule has 2 heterocycles. The molecule has 2 saturated heterocycles. The van der Waals surface area contributed by atoms with Crippen molar-refractivity contribution in [1.29, 1.82) is 0 Å². The summed E-state index contributed by atoms with van der Waals surface area (Å²) >= 11 is 0. The maximum absolute atomic E-state index is 4.84. The third kappa shape index (κ3) is 8.82. The number of hydrogen-bond acceptors (Lipinski definition) is 3. The fraction of sp³-hybridized carbons (Fsp3) is 0.955. The van der Waals surface area contributed by atoms with Gasteiger partial charge in [0.25, 0.3) is 0 Å². The van der Waals surface area contributed by atoms with Gasteiger partial charge < -0.3 is 20.4 Å². The predicted octanol–water partition coefficient (Wildman–Crippen LogP) is 3.17. The molecular formula is C22H45N5. The zero-order chi connectivity index (χ0) is 19.5. The first-order valence-electron chi connectivity index (χ1n) is 11.6. The minimum Gasteiger partial charge on any atom is -0.357 e. The number of aliphatic imine (C=N–C) groups is 1. The minimum absolute atomic E-state index is 0.576. The van der Waals surface area contributed by atoms with Crippen LogP contribution in [-0.2, 0) is 0 Å². The highest BCUT2D eigenvalue weighted by Gasteiger charge is 2.21. The molecule has 2 unspecified atom stereocenters. The smallest absolute Gasteiger partial charge is 0.191 e. The van der Waals surface area contributed by atoms with Crippen molar-refractivity contribution in [2.24, 2.45) is 16.8 Å². The Morgan fingerprint density at radius 2 is 1.67 bits per heavy atom. The van der Waals surface area contributed by atoms with Crippen LogP contribution in [0.5, 0.6) is 0 Å². The van der Waals surface area contributed by atoms with E-state index in [2.05, 4.69) is 48.1 Å². The summed E-state index contributed by atoms with van der Waals surface area (Å²) in [6.07, 6.45) is 7.57. The topological polar surface area (TPSA) is 42.9 Å². The van der Waals surface area contributed by atoms with Crippen molar-refractivity contribution in [2.75, 3.05) is 52.4 Å². The molecule has 0 radical (unpaired) electrons. The lowest BCUT2D eigenvalue weighted by Crippen LogP contribution is -2.48. The monoisotopic (exact) mass is 379 g/mol. The maximum Gasteiger partial charge on any atom is 0.191 e. The lowest BCUT2D eigenvalue weighted by Gasteiger charge is -2.34. The fourth-order valence-electron chi connectivity index (χ4n) is 4.74. The van der Waals surface area contributed by atoms with E-state index < -0.39 is 0 Å². The van der Waals surface area contributed by atoms with E-state index in [9.17, 15) is 0 Å². The first-order valence-corrected chi connectivity index (χ1v) is 11.6. The highest BCUT2D eigenvalue weighted by molar-refractivity contribution is 5.80. The Morgan fingerprint density at radius 1 is 0.963 bits per heavy atom. The second-order valence-electron chi connectivity index (χ2n) is 8.93. The zero-order valence-corrected chi connectivity index (χ0v) is 18.5. The Bertz CT molecular complexity index is 407. The van der Waals surface area contributed by atoms with Crippen molar-refractivity contribution in [3.05, 3.63) is 0 Å². The van der Waals surface area contributed by atoms with E-state index in [1.54, 1.807) is 0 Å². The van der Waals surface area contributed by atoms with Crippen molar-refractivity contribution in [3.8, 4) is 0 Å². The van der Waals surface area contributed by atoms with E-state index in [1.807, 2.05) is 0 Å². The predicted molar refractivity (Wildman–Crippen MR) is 117 cm³/mol. The molecule has 2 N–H and O–H groups in total. The standard InChI is InChI=1S/C22H45N5/c1-5-12-26-14-9-21(10-15-26)25-22(23-6-2)24-11-7-8-13-27-17-19(3)16-20(4)18-27/h19-21H,5-18H2,1-4H3,(H2,23,24,25). The summed E-state index contributed by atoms with van der Waals surface area (Å²) in [5, 5.41) is 7.11. The van der Waals surface area contributed by atoms with Crippen molar-refractivity contribution in [1.82, 2.24) is 20.4 Å². The molecule has 5 nitrogen and oxygen atoms in total. The van der Waals surface area contributed by atoms with Gasteiger partial charge in [0.1, 0.15) is 0 Å². The van der Waals surface area contributed by atoms with Crippen LogP contribution in [0.2, 0.25) is 0 Å². The Balaban J connectivity index is 1.64. The third-order valence-corrected chi connectivity index (χ3v) is 5.91. The van der Waals surface area contributed by atoms with Crippen molar-refractivity contribution >= 4 is 5.96 Å². The average molecular weight is 380 g/mol.